The van der Waals surface area contributed by atoms with Gasteiger partial charge in [-0.3, -0.25) is 4.68 Å². The van der Waals surface area contributed by atoms with Crippen molar-refractivity contribution in [2.24, 2.45) is 0 Å². The smallest absolute Gasteiger partial charge is 0.315 e. The number of aromatic nitrogens is 2. The van der Waals surface area contributed by atoms with Gasteiger partial charge in [0.05, 0.1) is 11.7 Å². The summed E-state index contributed by atoms with van der Waals surface area (Å²) in [6.07, 6.45) is 0. The van der Waals surface area contributed by atoms with Crippen LogP contribution in [0, 0.1) is 19.7 Å². The minimum Gasteiger partial charge on any atom is -0.334 e. The lowest BCUT2D eigenvalue weighted by Gasteiger charge is -2.15. The summed E-state index contributed by atoms with van der Waals surface area (Å²) in [5.41, 5.74) is 3.89. The van der Waals surface area contributed by atoms with Crippen LogP contribution < -0.4 is 10.6 Å². The van der Waals surface area contributed by atoms with Gasteiger partial charge in [-0.25, -0.2) is 9.18 Å². The summed E-state index contributed by atoms with van der Waals surface area (Å²) in [6.45, 7) is 9.07. The number of amides is 2. The zero-order valence-corrected chi connectivity index (χ0v) is 14.0. The Morgan fingerprint density at radius 3 is 2.52 bits per heavy atom. The first-order valence-corrected chi connectivity index (χ1v) is 7.75. The lowest BCUT2D eigenvalue weighted by atomic mass is 10.1. The van der Waals surface area contributed by atoms with Crippen molar-refractivity contribution < 1.29 is 9.18 Å². The molecular formula is C17H23FN4O. The average Bonchev–Trinajstić information content (AvgIpc) is 2.79. The van der Waals surface area contributed by atoms with Gasteiger partial charge in [-0.2, -0.15) is 5.10 Å². The molecule has 2 rings (SSSR count). The number of rotatable bonds is 5. The standard InChI is InChI=1S/C17H23FN4O/c1-5-22-13(4)16(12(3)21-22)10-19-17(23)20-11(2)14-6-8-15(18)9-7-14/h6-9,11H,5,10H2,1-4H3,(H2,19,20,23)/t11-/m0/s1. The zero-order chi connectivity index (χ0) is 17.0. The normalized spacial score (nSPS) is 12.0. The highest BCUT2D eigenvalue weighted by Gasteiger charge is 2.13. The van der Waals surface area contributed by atoms with Gasteiger partial charge in [0.25, 0.3) is 0 Å². The molecule has 0 aliphatic rings. The third kappa shape index (κ3) is 4.09. The first-order valence-electron chi connectivity index (χ1n) is 7.75. The molecule has 0 fully saturated rings. The summed E-state index contributed by atoms with van der Waals surface area (Å²) >= 11 is 0. The third-order valence-electron chi connectivity index (χ3n) is 3.97. The molecule has 0 aliphatic heterocycles. The number of nitrogens with one attached hydrogen (secondary N) is 2. The van der Waals surface area contributed by atoms with E-state index in [2.05, 4.69) is 15.7 Å². The lowest BCUT2D eigenvalue weighted by Crippen LogP contribution is -2.36. The zero-order valence-electron chi connectivity index (χ0n) is 14.0. The Kier molecular flexibility index (Phi) is 5.36. The van der Waals surface area contributed by atoms with Crippen molar-refractivity contribution in [3.8, 4) is 0 Å². The molecule has 0 radical (unpaired) electrons. The highest BCUT2D eigenvalue weighted by atomic mass is 19.1. The van der Waals surface area contributed by atoms with E-state index in [-0.39, 0.29) is 17.9 Å². The molecule has 124 valence electrons. The Bertz CT molecular complexity index is 679. The van der Waals surface area contributed by atoms with E-state index in [4.69, 9.17) is 0 Å². The van der Waals surface area contributed by atoms with Crippen molar-refractivity contribution in [3.63, 3.8) is 0 Å². The van der Waals surface area contributed by atoms with Crippen molar-refractivity contribution >= 4 is 6.03 Å². The van der Waals surface area contributed by atoms with Crippen LogP contribution in [0.2, 0.25) is 0 Å². The Balaban J connectivity index is 1.92. The number of hydrogen-bond acceptors (Lipinski definition) is 2. The average molecular weight is 318 g/mol. The summed E-state index contributed by atoms with van der Waals surface area (Å²) in [7, 11) is 0. The minimum absolute atomic E-state index is 0.198. The number of carbonyl (C=O) groups is 1. The summed E-state index contributed by atoms with van der Waals surface area (Å²) in [5, 5.41) is 10.1. The Hall–Kier alpha value is -2.37. The molecule has 2 amide bonds. The van der Waals surface area contributed by atoms with Crippen LogP contribution in [-0.4, -0.2) is 15.8 Å². The quantitative estimate of drug-likeness (QED) is 0.889. The van der Waals surface area contributed by atoms with E-state index in [1.807, 2.05) is 32.4 Å². The van der Waals surface area contributed by atoms with Gasteiger partial charge >= 0.3 is 6.03 Å². The summed E-state index contributed by atoms with van der Waals surface area (Å²) in [4.78, 5) is 12.0. The highest BCUT2D eigenvalue weighted by Crippen LogP contribution is 2.14. The second kappa shape index (κ2) is 7.26. The molecule has 1 aromatic heterocycles. The van der Waals surface area contributed by atoms with Crippen molar-refractivity contribution in [1.82, 2.24) is 20.4 Å². The van der Waals surface area contributed by atoms with Crippen molar-refractivity contribution in [2.75, 3.05) is 0 Å². The molecule has 0 spiro atoms. The van der Waals surface area contributed by atoms with Crippen LogP contribution in [0.5, 0.6) is 0 Å². The fraction of sp³-hybridized carbons (Fsp3) is 0.412. The fourth-order valence-corrected chi connectivity index (χ4v) is 2.55. The summed E-state index contributed by atoms with van der Waals surface area (Å²) < 4.78 is 14.8. The fourth-order valence-electron chi connectivity index (χ4n) is 2.55. The van der Waals surface area contributed by atoms with Crippen molar-refractivity contribution in [1.29, 1.82) is 0 Å². The second-order valence-corrected chi connectivity index (χ2v) is 5.57. The molecule has 2 N–H and O–H groups in total. The maximum Gasteiger partial charge on any atom is 0.315 e. The number of urea groups is 1. The van der Waals surface area contributed by atoms with Crippen molar-refractivity contribution in [3.05, 3.63) is 52.6 Å². The SMILES string of the molecule is CCn1nc(C)c(CNC(=O)N[C@@H](C)c2ccc(F)cc2)c1C. The van der Waals surface area contributed by atoms with E-state index in [0.29, 0.717) is 6.54 Å². The predicted molar refractivity (Wildman–Crippen MR) is 87.6 cm³/mol. The Morgan fingerprint density at radius 2 is 1.96 bits per heavy atom. The van der Waals surface area contributed by atoms with Crippen molar-refractivity contribution in [2.45, 2.75) is 46.8 Å². The molecule has 0 aliphatic carbocycles. The van der Waals surface area contributed by atoms with Crippen LogP contribution in [0.4, 0.5) is 9.18 Å². The number of benzene rings is 1. The van der Waals surface area contributed by atoms with E-state index < -0.39 is 0 Å². The van der Waals surface area contributed by atoms with Gasteiger partial charge in [0.15, 0.2) is 0 Å². The van der Waals surface area contributed by atoms with E-state index in [1.165, 1.54) is 12.1 Å². The topological polar surface area (TPSA) is 59.0 Å². The first-order chi connectivity index (χ1) is 10.9. The van der Waals surface area contributed by atoms with Gasteiger partial charge in [-0.1, -0.05) is 12.1 Å². The van der Waals surface area contributed by atoms with Crippen LogP contribution in [0.3, 0.4) is 0 Å². The Labute approximate surface area is 135 Å². The van der Waals surface area contributed by atoms with E-state index >= 15 is 0 Å². The number of halogens is 1. The van der Waals surface area contributed by atoms with E-state index in [0.717, 1.165) is 29.1 Å². The molecule has 5 nitrogen and oxygen atoms in total. The number of hydrogen-bond donors (Lipinski definition) is 2. The second-order valence-electron chi connectivity index (χ2n) is 5.57. The van der Waals surface area contributed by atoms with Crippen LogP contribution in [0.15, 0.2) is 24.3 Å². The van der Waals surface area contributed by atoms with Crippen LogP contribution in [0.1, 0.15) is 42.4 Å². The van der Waals surface area contributed by atoms with Gasteiger partial charge < -0.3 is 10.6 Å². The predicted octanol–water partition coefficient (Wildman–Crippen LogP) is 3.22. The largest absolute Gasteiger partial charge is 0.334 e. The molecule has 1 atom stereocenters. The highest BCUT2D eigenvalue weighted by molar-refractivity contribution is 5.74. The summed E-state index contributed by atoms with van der Waals surface area (Å²) in [5.74, 6) is -0.288. The van der Waals surface area contributed by atoms with Crippen LogP contribution in [0.25, 0.3) is 0 Å². The number of aryl methyl sites for hydroxylation is 2. The molecular weight excluding hydrogens is 295 g/mol. The maximum absolute atomic E-state index is 12.9. The lowest BCUT2D eigenvalue weighted by molar-refractivity contribution is 0.237. The van der Waals surface area contributed by atoms with Gasteiger partial charge in [0.2, 0.25) is 0 Å². The third-order valence-corrected chi connectivity index (χ3v) is 3.97. The number of carbonyl (C=O) groups excluding carboxylic acids is 1. The molecule has 1 heterocycles. The molecule has 1 aromatic carbocycles. The van der Waals surface area contributed by atoms with E-state index in [1.54, 1.807) is 12.1 Å². The molecule has 6 heteroatoms. The maximum atomic E-state index is 12.9. The Morgan fingerprint density at radius 1 is 1.30 bits per heavy atom. The van der Waals surface area contributed by atoms with Gasteiger partial charge in [-0.15, -0.1) is 0 Å². The molecule has 0 bridgehead atoms. The molecule has 0 unspecified atom stereocenters. The van der Waals surface area contributed by atoms with Gasteiger partial charge in [0.1, 0.15) is 5.82 Å². The van der Waals surface area contributed by atoms with Gasteiger partial charge in [0, 0.05) is 24.3 Å². The molecule has 0 saturated carbocycles. The molecule has 2 aromatic rings. The van der Waals surface area contributed by atoms with Crippen LogP contribution >= 0.6 is 0 Å². The molecule has 0 saturated heterocycles. The first kappa shape index (κ1) is 17.0. The van der Waals surface area contributed by atoms with E-state index in [9.17, 15) is 9.18 Å². The summed E-state index contributed by atoms with van der Waals surface area (Å²) in [6, 6.07) is 5.65. The minimum atomic E-state index is -0.288. The van der Waals surface area contributed by atoms with Gasteiger partial charge in [-0.05, 0) is 45.4 Å². The van der Waals surface area contributed by atoms with Crippen LogP contribution in [-0.2, 0) is 13.1 Å². The monoisotopic (exact) mass is 318 g/mol. The number of nitrogens with zero attached hydrogens (tertiary/aromatic N) is 2. The molecule has 23 heavy (non-hydrogen) atoms.